The highest BCUT2D eigenvalue weighted by molar-refractivity contribution is 5.91. The lowest BCUT2D eigenvalue weighted by atomic mass is 10.1. The fraction of sp³-hybridized carbons (Fsp3) is 0.393. The number of aryl methyl sites for hydroxylation is 1. The van der Waals surface area contributed by atoms with Crippen molar-refractivity contribution in [3.05, 3.63) is 63.7 Å². The van der Waals surface area contributed by atoms with Crippen molar-refractivity contribution < 1.29 is 22.7 Å². The summed E-state index contributed by atoms with van der Waals surface area (Å²) < 4.78 is 47.5. The first kappa shape index (κ1) is 29.0. The maximum atomic E-state index is 13.9. The van der Waals surface area contributed by atoms with Crippen molar-refractivity contribution in [1.82, 2.24) is 29.5 Å². The number of ether oxygens (including phenoxy) is 1. The van der Waals surface area contributed by atoms with Crippen molar-refractivity contribution in [1.29, 1.82) is 0 Å². The van der Waals surface area contributed by atoms with Gasteiger partial charge in [-0.1, -0.05) is 6.92 Å². The van der Waals surface area contributed by atoms with Gasteiger partial charge in [0.25, 0.3) is 5.56 Å². The van der Waals surface area contributed by atoms with Crippen LogP contribution in [-0.4, -0.2) is 62.8 Å². The van der Waals surface area contributed by atoms with Gasteiger partial charge in [-0.3, -0.25) is 9.59 Å². The topological polar surface area (TPSA) is 119 Å². The highest BCUT2D eigenvalue weighted by Gasteiger charge is 2.31. The SMILES string of the molecule is CCc1c(N2CCN[C@H](C)C2)c(=O)n2nc(-c3ccnc(OC)c3)nc2n1CC(=O)Nc1ccc(C(F)(F)F)cc1C. The predicted molar refractivity (Wildman–Crippen MR) is 151 cm³/mol. The molecule has 42 heavy (non-hydrogen) atoms. The molecule has 1 aromatic carbocycles. The molecule has 0 unspecified atom stereocenters. The van der Waals surface area contributed by atoms with Gasteiger partial charge in [0.2, 0.25) is 17.6 Å². The molecule has 1 saturated heterocycles. The maximum Gasteiger partial charge on any atom is 0.416 e. The number of alkyl halides is 3. The van der Waals surface area contributed by atoms with E-state index in [-0.39, 0.29) is 41.0 Å². The van der Waals surface area contributed by atoms with Crippen LogP contribution in [0.1, 0.15) is 30.7 Å². The summed E-state index contributed by atoms with van der Waals surface area (Å²) in [5.41, 5.74) is 0.971. The molecule has 1 amide bonds. The van der Waals surface area contributed by atoms with Crippen LogP contribution >= 0.6 is 0 Å². The fourth-order valence-corrected chi connectivity index (χ4v) is 5.16. The summed E-state index contributed by atoms with van der Waals surface area (Å²) >= 11 is 0. The van der Waals surface area contributed by atoms with Crippen molar-refractivity contribution in [2.24, 2.45) is 0 Å². The van der Waals surface area contributed by atoms with Gasteiger partial charge < -0.3 is 24.8 Å². The number of piperazine rings is 1. The Morgan fingerprint density at radius 1 is 1.24 bits per heavy atom. The zero-order valence-electron chi connectivity index (χ0n) is 23.6. The van der Waals surface area contributed by atoms with Gasteiger partial charge >= 0.3 is 6.18 Å². The van der Waals surface area contributed by atoms with Crippen molar-refractivity contribution >= 4 is 23.1 Å². The number of carbonyl (C=O) groups excluding carboxylic acids is 1. The van der Waals surface area contributed by atoms with Gasteiger partial charge in [-0.2, -0.15) is 22.7 Å². The molecule has 222 valence electrons. The lowest BCUT2D eigenvalue weighted by Gasteiger charge is -2.34. The van der Waals surface area contributed by atoms with Crippen LogP contribution in [0.3, 0.4) is 0 Å². The summed E-state index contributed by atoms with van der Waals surface area (Å²) in [6, 6.07) is 6.61. The molecule has 0 spiro atoms. The van der Waals surface area contributed by atoms with E-state index in [9.17, 15) is 22.8 Å². The highest BCUT2D eigenvalue weighted by atomic mass is 19.4. The smallest absolute Gasteiger partial charge is 0.416 e. The van der Waals surface area contributed by atoms with E-state index in [1.807, 2.05) is 18.7 Å². The number of anilines is 2. The van der Waals surface area contributed by atoms with Crippen molar-refractivity contribution in [2.75, 3.05) is 37.0 Å². The third-order valence-corrected chi connectivity index (χ3v) is 7.18. The van der Waals surface area contributed by atoms with E-state index >= 15 is 0 Å². The van der Waals surface area contributed by atoms with E-state index in [0.717, 1.165) is 12.1 Å². The van der Waals surface area contributed by atoms with Gasteiger partial charge in [0.15, 0.2) is 5.82 Å². The minimum atomic E-state index is -4.49. The second kappa shape index (κ2) is 11.4. The minimum Gasteiger partial charge on any atom is -0.481 e. The number of rotatable bonds is 7. The molecule has 0 saturated carbocycles. The average Bonchev–Trinajstić information content (AvgIpc) is 3.41. The first-order chi connectivity index (χ1) is 20.0. The third-order valence-electron chi connectivity index (χ3n) is 7.18. The largest absolute Gasteiger partial charge is 0.481 e. The summed E-state index contributed by atoms with van der Waals surface area (Å²) in [5, 5.41) is 10.6. The number of benzene rings is 1. The number of carbonyl (C=O) groups is 1. The molecule has 1 aliphatic rings. The molecule has 0 radical (unpaired) electrons. The normalized spacial score (nSPS) is 15.7. The van der Waals surface area contributed by atoms with E-state index in [2.05, 4.69) is 25.7 Å². The molecule has 1 fully saturated rings. The first-order valence-electron chi connectivity index (χ1n) is 13.5. The molecule has 1 atom stereocenters. The number of pyridine rings is 1. The minimum absolute atomic E-state index is 0.133. The van der Waals surface area contributed by atoms with E-state index in [0.29, 0.717) is 48.9 Å². The zero-order chi connectivity index (χ0) is 30.2. The molecule has 3 aromatic heterocycles. The predicted octanol–water partition coefficient (Wildman–Crippen LogP) is 3.29. The molecule has 5 rings (SSSR count). The van der Waals surface area contributed by atoms with E-state index in [1.165, 1.54) is 30.8 Å². The van der Waals surface area contributed by atoms with Crippen molar-refractivity contribution in [3.63, 3.8) is 0 Å². The summed E-state index contributed by atoms with van der Waals surface area (Å²) in [6.07, 6.45) is -2.54. The molecule has 14 heteroatoms. The van der Waals surface area contributed by atoms with Gasteiger partial charge in [-0.05, 0) is 50.1 Å². The van der Waals surface area contributed by atoms with Crippen molar-refractivity contribution in [3.8, 4) is 17.3 Å². The monoisotopic (exact) mass is 584 g/mol. The molecule has 1 aliphatic heterocycles. The maximum absolute atomic E-state index is 13.9. The number of methoxy groups -OCH3 is 1. The van der Waals surface area contributed by atoms with Gasteiger partial charge in [0.1, 0.15) is 12.2 Å². The Morgan fingerprint density at radius 3 is 2.69 bits per heavy atom. The second-order valence-electron chi connectivity index (χ2n) is 10.2. The molecule has 2 N–H and O–H groups in total. The van der Waals surface area contributed by atoms with Crippen LogP contribution in [0.25, 0.3) is 17.2 Å². The van der Waals surface area contributed by atoms with Gasteiger partial charge in [-0.25, -0.2) is 4.98 Å². The second-order valence-corrected chi connectivity index (χ2v) is 10.2. The third kappa shape index (κ3) is 5.66. The van der Waals surface area contributed by atoms with E-state index in [1.54, 1.807) is 16.7 Å². The molecule has 0 aliphatic carbocycles. The lowest BCUT2D eigenvalue weighted by molar-refractivity contribution is -0.137. The number of nitrogens with zero attached hydrogens (tertiary/aromatic N) is 6. The highest BCUT2D eigenvalue weighted by Crippen LogP contribution is 2.32. The first-order valence-corrected chi connectivity index (χ1v) is 13.5. The fourth-order valence-electron chi connectivity index (χ4n) is 5.16. The number of nitrogens with one attached hydrogen (secondary N) is 2. The molecule has 4 aromatic rings. The Kier molecular flexibility index (Phi) is 7.91. The Morgan fingerprint density at radius 2 is 2.02 bits per heavy atom. The van der Waals surface area contributed by atoms with E-state index < -0.39 is 17.6 Å². The molecule has 11 nitrogen and oxygen atoms in total. The Hall–Kier alpha value is -4.46. The number of aromatic nitrogens is 5. The standard InChI is InChI=1S/C28H31F3N8O3/c1-5-21-24(37-11-10-32-17(3)14-37)26(41)39-27(35-25(36-39)18-8-9-33-23(13-18)42-4)38(21)15-22(40)34-20-7-6-19(12-16(20)2)28(29,30)31/h6-9,12-13,17,32H,5,10-11,14-15H2,1-4H3,(H,34,40)/t17-/m1/s1. The van der Waals surface area contributed by atoms with Crippen molar-refractivity contribution in [2.45, 2.75) is 46.0 Å². The number of hydrogen-bond acceptors (Lipinski definition) is 8. The summed E-state index contributed by atoms with van der Waals surface area (Å²) in [5.74, 6) is 0.257. The van der Waals surface area contributed by atoms with Gasteiger partial charge in [0, 0.05) is 49.2 Å². The summed E-state index contributed by atoms with van der Waals surface area (Å²) in [7, 11) is 1.48. The quantitative estimate of drug-likeness (QED) is 0.340. The lowest BCUT2D eigenvalue weighted by Crippen LogP contribution is -2.51. The summed E-state index contributed by atoms with van der Waals surface area (Å²) in [4.78, 5) is 38.0. The summed E-state index contributed by atoms with van der Waals surface area (Å²) in [6.45, 7) is 7.00. The van der Waals surface area contributed by atoms with Crippen LogP contribution in [0.2, 0.25) is 0 Å². The molecular formula is C28H31F3N8O3. The van der Waals surface area contributed by atoms with Crippen LogP contribution in [-0.2, 0) is 23.9 Å². The Balaban J connectivity index is 1.61. The number of amides is 1. The average molecular weight is 585 g/mol. The van der Waals surface area contributed by atoms with Crippen LogP contribution in [0, 0.1) is 6.92 Å². The van der Waals surface area contributed by atoms with Gasteiger partial charge in [-0.15, -0.1) is 5.10 Å². The van der Waals surface area contributed by atoms with Crippen LogP contribution in [0.15, 0.2) is 41.3 Å². The van der Waals surface area contributed by atoms with Crippen LogP contribution in [0.5, 0.6) is 5.88 Å². The molecule has 0 bridgehead atoms. The zero-order valence-corrected chi connectivity index (χ0v) is 23.6. The number of hydrogen-bond donors (Lipinski definition) is 2. The molecule has 4 heterocycles. The Labute approximate surface area is 239 Å². The number of halogens is 3. The number of fused-ring (bicyclic) bond motifs is 1. The van der Waals surface area contributed by atoms with Gasteiger partial charge in [0.05, 0.1) is 18.4 Å². The van der Waals surface area contributed by atoms with Crippen LogP contribution < -0.4 is 25.8 Å². The Bertz CT molecular complexity index is 1700. The van der Waals surface area contributed by atoms with Crippen LogP contribution in [0.4, 0.5) is 24.5 Å². The van der Waals surface area contributed by atoms with E-state index in [4.69, 9.17) is 4.74 Å². The molecular weight excluding hydrogens is 553 g/mol.